The van der Waals surface area contributed by atoms with Crippen LogP contribution in [0.2, 0.25) is 0 Å². The molecule has 1 aliphatic carbocycles. The number of morpholine rings is 1. The molecule has 1 saturated heterocycles. The summed E-state index contributed by atoms with van der Waals surface area (Å²) in [5.74, 6) is -0.793. The first-order valence-corrected chi connectivity index (χ1v) is 6.77. The Bertz CT molecular complexity index is 269. The Hall–Kier alpha value is -0.610. The third-order valence-electron chi connectivity index (χ3n) is 4.04. The standard InChI is InChI=1S/C13H23NO3/c1-10-9-14(7-8-17-10)12-6-4-2-3-5-11(12)13(15)16/h10-12H,2-9H2,1H3,(H,15,16). The van der Waals surface area contributed by atoms with Crippen molar-refractivity contribution in [3.63, 3.8) is 0 Å². The first-order valence-electron chi connectivity index (χ1n) is 6.77. The Morgan fingerprint density at radius 1 is 1.29 bits per heavy atom. The molecule has 0 radical (unpaired) electrons. The van der Waals surface area contributed by atoms with Crippen LogP contribution in [0.3, 0.4) is 0 Å². The smallest absolute Gasteiger partial charge is 0.308 e. The Morgan fingerprint density at radius 3 is 2.76 bits per heavy atom. The van der Waals surface area contributed by atoms with Crippen LogP contribution in [0.5, 0.6) is 0 Å². The van der Waals surface area contributed by atoms with Crippen molar-refractivity contribution in [3.8, 4) is 0 Å². The van der Waals surface area contributed by atoms with Crippen molar-refractivity contribution < 1.29 is 14.6 Å². The zero-order chi connectivity index (χ0) is 12.3. The van der Waals surface area contributed by atoms with Gasteiger partial charge in [0.2, 0.25) is 0 Å². The number of hydrogen-bond donors (Lipinski definition) is 1. The van der Waals surface area contributed by atoms with Gasteiger partial charge in [0, 0.05) is 19.1 Å². The molecule has 0 spiro atoms. The summed E-state index contributed by atoms with van der Waals surface area (Å²) < 4.78 is 5.54. The van der Waals surface area contributed by atoms with Crippen LogP contribution in [-0.4, -0.2) is 47.8 Å². The average molecular weight is 241 g/mol. The molecular formula is C13H23NO3. The molecule has 3 unspecified atom stereocenters. The van der Waals surface area contributed by atoms with Gasteiger partial charge in [0.05, 0.1) is 18.6 Å². The molecule has 17 heavy (non-hydrogen) atoms. The fourth-order valence-corrected chi connectivity index (χ4v) is 3.16. The van der Waals surface area contributed by atoms with E-state index in [-0.39, 0.29) is 18.1 Å². The maximum atomic E-state index is 11.4. The lowest BCUT2D eigenvalue weighted by Crippen LogP contribution is -2.50. The first-order chi connectivity index (χ1) is 8.18. The molecule has 0 bridgehead atoms. The molecule has 0 aromatic rings. The molecule has 2 rings (SSSR count). The van der Waals surface area contributed by atoms with E-state index < -0.39 is 5.97 Å². The molecule has 3 atom stereocenters. The minimum absolute atomic E-state index is 0.178. The zero-order valence-corrected chi connectivity index (χ0v) is 10.6. The maximum Gasteiger partial charge on any atom is 0.308 e. The molecule has 0 aromatic heterocycles. The molecule has 1 saturated carbocycles. The molecule has 1 aliphatic heterocycles. The highest BCUT2D eigenvalue weighted by Crippen LogP contribution is 2.28. The van der Waals surface area contributed by atoms with Crippen molar-refractivity contribution >= 4 is 5.97 Å². The fourth-order valence-electron chi connectivity index (χ4n) is 3.16. The summed E-state index contributed by atoms with van der Waals surface area (Å²) in [5, 5.41) is 9.37. The third kappa shape index (κ3) is 3.19. The quantitative estimate of drug-likeness (QED) is 0.748. The fraction of sp³-hybridized carbons (Fsp3) is 0.923. The highest BCUT2D eigenvalue weighted by Gasteiger charge is 2.35. The molecular weight excluding hydrogens is 218 g/mol. The third-order valence-corrected chi connectivity index (χ3v) is 4.04. The maximum absolute atomic E-state index is 11.4. The number of carbonyl (C=O) groups is 1. The van der Waals surface area contributed by atoms with Crippen LogP contribution in [0, 0.1) is 5.92 Å². The van der Waals surface area contributed by atoms with Crippen LogP contribution in [0.4, 0.5) is 0 Å². The van der Waals surface area contributed by atoms with Crippen molar-refractivity contribution in [2.24, 2.45) is 5.92 Å². The van der Waals surface area contributed by atoms with Gasteiger partial charge in [-0.15, -0.1) is 0 Å². The second-order valence-corrected chi connectivity index (χ2v) is 5.33. The highest BCUT2D eigenvalue weighted by molar-refractivity contribution is 5.70. The van der Waals surface area contributed by atoms with Gasteiger partial charge < -0.3 is 9.84 Å². The Balaban J connectivity index is 2.05. The van der Waals surface area contributed by atoms with E-state index in [4.69, 9.17) is 4.74 Å². The van der Waals surface area contributed by atoms with Crippen molar-refractivity contribution in [2.45, 2.75) is 51.2 Å². The Morgan fingerprint density at radius 2 is 2.06 bits per heavy atom. The van der Waals surface area contributed by atoms with Gasteiger partial charge in [0.15, 0.2) is 0 Å². The van der Waals surface area contributed by atoms with Gasteiger partial charge in [0.25, 0.3) is 0 Å². The molecule has 4 nitrogen and oxygen atoms in total. The summed E-state index contributed by atoms with van der Waals surface area (Å²) in [7, 11) is 0. The summed E-state index contributed by atoms with van der Waals surface area (Å²) >= 11 is 0. The van der Waals surface area contributed by atoms with Gasteiger partial charge in [-0.05, 0) is 19.8 Å². The summed E-state index contributed by atoms with van der Waals surface area (Å²) in [4.78, 5) is 13.7. The summed E-state index contributed by atoms with van der Waals surface area (Å²) in [6.45, 7) is 4.58. The second kappa shape index (κ2) is 5.83. The second-order valence-electron chi connectivity index (χ2n) is 5.33. The van der Waals surface area contributed by atoms with Crippen LogP contribution < -0.4 is 0 Å². The van der Waals surface area contributed by atoms with Gasteiger partial charge in [-0.2, -0.15) is 0 Å². The predicted molar refractivity (Wildman–Crippen MR) is 65.0 cm³/mol. The average Bonchev–Trinajstić information content (AvgIpc) is 2.54. The monoisotopic (exact) mass is 241 g/mol. The van der Waals surface area contributed by atoms with Crippen LogP contribution in [-0.2, 0) is 9.53 Å². The highest BCUT2D eigenvalue weighted by atomic mass is 16.5. The van der Waals surface area contributed by atoms with Gasteiger partial charge in [0.1, 0.15) is 0 Å². The van der Waals surface area contributed by atoms with E-state index in [1.165, 1.54) is 12.8 Å². The lowest BCUT2D eigenvalue weighted by Gasteiger charge is -2.39. The number of ether oxygens (including phenoxy) is 1. The minimum atomic E-state index is -0.615. The zero-order valence-electron chi connectivity index (χ0n) is 10.6. The first kappa shape index (κ1) is 12.8. The molecule has 2 aliphatic rings. The lowest BCUT2D eigenvalue weighted by atomic mass is 9.93. The number of aliphatic carboxylic acids is 1. The van der Waals surface area contributed by atoms with E-state index in [2.05, 4.69) is 11.8 Å². The van der Waals surface area contributed by atoms with Gasteiger partial charge in [-0.3, -0.25) is 9.69 Å². The molecule has 0 aromatic carbocycles. The topological polar surface area (TPSA) is 49.8 Å². The van der Waals surface area contributed by atoms with Crippen LogP contribution in [0.25, 0.3) is 0 Å². The summed E-state index contributed by atoms with van der Waals surface area (Å²) in [6, 6.07) is 0.223. The lowest BCUT2D eigenvalue weighted by molar-refractivity contribution is -0.146. The molecule has 1 heterocycles. The number of carboxylic acids is 1. The van der Waals surface area contributed by atoms with E-state index in [0.717, 1.165) is 39.0 Å². The van der Waals surface area contributed by atoms with Crippen molar-refractivity contribution in [3.05, 3.63) is 0 Å². The summed E-state index contributed by atoms with van der Waals surface area (Å²) in [6.07, 6.45) is 5.52. The number of carboxylic acid groups (broad SMARTS) is 1. The Labute approximate surface area is 103 Å². The van der Waals surface area contributed by atoms with Crippen LogP contribution >= 0.6 is 0 Å². The summed E-state index contributed by atoms with van der Waals surface area (Å²) in [5.41, 5.74) is 0. The number of rotatable bonds is 2. The molecule has 0 amide bonds. The van der Waals surface area contributed by atoms with E-state index in [1.807, 2.05) is 0 Å². The minimum Gasteiger partial charge on any atom is -0.481 e. The molecule has 4 heteroatoms. The predicted octanol–water partition coefficient (Wildman–Crippen LogP) is 1.74. The molecule has 1 N–H and O–H groups in total. The number of hydrogen-bond acceptors (Lipinski definition) is 3. The van der Waals surface area contributed by atoms with Crippen molar-refractivity contribution in [2.75, 3.05) is 19.7 Å². The van der Waals surface area contributed by atoms with Gasteiger partial charge >= 0.3 is 5.97 Å². The van der Waals surface area contributed by atoms with E-state index in [1.54, 1.807) is 0 Å². The van der Waals surface area contributed by atoms with E-state index >= 15 is 0 Å². The number of nitrogens with zero attached hydrogens (tertiary/aromatic N) is 1. The van der Waals surface area contributed by atoms with E-state index in [9.17, 15) is 9.90 Å². The van der Waals surface area contributed by atoms with Crippen molar-refractivity contribution in [1.29, 1.82) is 0 Å². The van der Waals surface area contributed by atoms with Gasteiger partial charge in [-0.25, -0.2) is 0 Å². The Kier molecular flexibility index (Phi) is 4.40. The molecule has 98 valence electrons. The SMILES string of the molecule is CC1CN(C2CCCCCC2C(=O)O)CCO1. The largest absolute Gasteiger partial charge is 0.481 e. The van der Waals surface area contributed by atoms with Crippen LogP contribution in [0.15, 0.2) is 0 Å². The van der Waals surface area contributed by atoms with Crippen LogP contribution in [0.1, 0.15) is 39.0 Å². The normalized spacial score (nSPS) is 36.4. The van der Waals surface area contributed by atoms with Crippen molar-refractivity contribution in [1.82, 2.24) is 4.90 Å². The van der Waals surface area contributed by atoms with Gasteiger partial charge in [-0.1, -0.05) is 19.3 Å². The van der Waals surface area contributed by atoms with E-state index in [0.29, 0.717) is 0 Å². The molecule has 2 fully saturated rings.